The predicted octanol–water partition coefficient (Wildman–Crippen LogP) is 1.99. The molecule has 0 aliphatic heterocycles. The molecule has 2 rings (SSSR count). The molecule has 0 atom stereocenters. The molecule has 6 heteroatoms. The van der Waals surface area contributed by atoms with Gasteiger partial charge in [-0.3, -0.25) is 4.72 Å². The highest BCUT2D eigenvalue weighted by Gasteiger charge is 2.15. The summed E-state index contributed by atoms with van der Waals surface area (Å²) in [5.74, 6) is 0. The molecular weight excluding hydrogens is 276 g/mol. The Bertz CT molecular complexity index is 710. The minimum absolute atomic E-state index is 0.0760. The third kappa shape index (κ3) is 3.15. The monoisotopic (exact) mass is 292 g/mol. The average Bonchev–Trinajstić information content (AvgIpc) is 2.43. The van der Waals surface area contributed by atoms with Crippen molar-refractivity contribution < 1.29 is 13.5 Å². The molecule has 0 spiro atoms. The van der Waals surface area contributed by atoms with E-state index in [-0.39, 0.29) is 11.6 Å². The molecule has 20 heavy (non-hydrogen) atoms. The van der Waals surface area contributed by atoms with E-state index in [0.717, 1.165) is 11.1 Å². The van der Waals surface area contributed by atoms with Gasteiger partial charge in [0.2, 0.25) is 0 Å². The summed E-state index contributed by atoms with van der Waals surface area (Å²) in [7, 11) is -3.71. The summed E-state index contributed by atoms with van der Waals surface area (Å²) in [5, 5.41) is 8.84. The Morgan fingerprint density at radius 3 is 2.45 bits per heavy atom. The lowest BCUT2D eigenvalue weighted by atomic mass is 10.1. The number of aliphatic hydroxyl groups excluding tert-OH is 1. The van der Waals surface area contributed by atoms with Crippen molar-refractivity contribution in [2.24, 2.45) is 0 Å². The number of aromatic nitrogens is 1. The molecule has 0 aliphatic rings. The summed E-state index contributed by atoms with van der Waals surface area (Å²) in [4.78, 5) is 3.85. The molecule has 0 radical (unpaired) electrons. The first kappa shape index (κ1) is 14.5. The van der Waals surface area contributed by atoms with Crippen LogP contribution in [0.3, 0.4) is 0 Å². The molecule has 0 amide bonds. The zero-order valence-corrected chi connectivity index (χ0v) is 12.1. The van der Waals surface area contributed by atoms with Crippen LogP contribution in [0, 0.1) is 13.8 Å². The third-order valence-electron chi connectivity index (χ3n) is 3.01. The van der Waals surface area contributed by atoms with E-state index in [4.69, 9.17) is 5.11 Å². The summed E-state index contributed by atoms with van der Waals surface area (Å²) in [6.45, 7) is 3.71. The van der Waals surface area contributed by atoms with E-state index in [1.807, 2.05) is 19.9 Å². The number of aliphatic hydroxyl groups is 1. The first-order valence-corrected chi connectivity index (χ1v) is 7.56. The van der Waals surface area contributed by atoms with E-state index in [1.54, 1.807) is 12.1 Å². The second-order valence-corrected chi connectivity index (χ2v) is 6.20. The van der Waals surface area contributed by atoms with Crippen molar-refractivity contribution in [3.05, 3.63) is 53.2 Å². The Morgan fingerprint density at radius 1 is 1.15 bits per heavy atom. The van der Waals surface area contributed by atoms with Crippen LogP contribution in [0.1, 0.15) is 16.7 Å². The number of benzene rings is 1. The van der Waals surface area contributed by atoms with Crippen LogP contribution in [0.2, 0.25) is 0 Å². The van der Waals surface area contributed by atoms with Gasteiger partial charge in [-0.15, -0.1) is 0 Å². The minimum atomic E-state index is -3.71. The highest BCUT2D eigenvalue weighted by Crippen LogP contribution is 2.18. The summed E-state index contributed by atoms with van der Waals surface area (Å²) in [5.41, 5.74) is 3.17. The minimum Gasteiger partial charge on any atom is -0.392 e. The lowest BCUT2D eigenvalue weighted by Crippen LogP contribution is -2.14. The Kier molecular flexibility index (Phi) is 4.06. The van der Waals surface area contributed by atoms with E-state index >= 15 is 0 Å². The highest BCUT2D eigenvalue weighted by atomic mass is 32.2. The van der Waals surface area contributed by atoms with Crippen LogP contribution in [-0.4, -0.2) is 18.5 Å². The van der Waals surface area contributed by atoms with Crippen molar-refractivity contribution in [2.75, 3.05) is 4.72 Å². The molecule has 0 saturated carbocycles. The van der Waals surface area contributed by atoms with Gasteiger partial charge in [0.25, 0.3) is 10.0 Å². The highest BCUT2D eigenvalue weighted by molar-refractivity contribution is 7.92. The van der Waals surface area contributed by atoms with Crippen LogP contribution >= 0.6 is 0 Å². The van der Waals surface area contributed by atoms with Crippen molar-refractivity contribution in [1.29, 1.82) is 0 Å². The summed E-state index contributed by atoms with van der Waals surface area (Å²) < 4.78 is 26.8. The maximum atomic E-state index is 12.2. The quantitative estimate of drug-likeness (QED) is 0.903. The van der Waals surface area contributed by atoms with Crippen molar-refractivity contribution in [2.45, 2.75) is 25.5 Å². The van der Waals surface area contributed by atoms with Gasteiger partial charge in [-0.25, -0.2) is 4.98 Å². The van der Waals surface area contributed by atoms with Gasteiger partial charge in [-0.05, 0) is 48.7 Å². The lowest BCUT2D eigenvalue weighted by molar-refractivity contribution is 0.281. The van der Waals surface area contributed by atoms with E-state index < -0.39 is 10.0 Å². The van der Waals surface area contributed by atoms with Crippen molar-refractivity contribution in [1.82, 2.24) is 4.98 Å². The zero-order valence-electron chi connectivity index (χ0n) is 11.3. The summed E-state index contributed by atoms with van der Waals surface area (Å²) in [6.07, 6.45) is 1.34. The predicted molar refractivity (Wildman–Crippen MR) is 76.9 cm³/mol. The van der Waals surface area contributed by atoms with E-state index in [1.165, 1.54) is 18.3 Å². The number of anilines is 1. The molecule has 2 aromatic rings. The number of nitrogens with one attached hydrogen (secondary N) is 1. The van der Waals surface area contributed by atoms with Gasteiger partial charge < -0.3 is 5.11 Å². The standard InChI is InChI=1S/C14H16N2O3S/c1-10-3-5-13(7-11(10)2)16-20(18,19)14-6-4-12(9-17)8-15-14/h3-8,16-17H,9H2,1-2H3. The van der Waals surface area contributed by atoms with Crippen LogP contribution in [0.5, 0.6) is 0 Å². The molecular formula is C14H16N2O3S. The van der Waals surface area contributed by atoms with E-state index in [0.29, 0.717) is 11.3 Å². The van der Waals surface area contributed by atoms with Gasteiger partial charge >= 0.3 is 0 Å². The molecule has 5 nitrogen and oxygen atoms in total. The van der Waals surface area contributed by atoms with Crippen molar-refractivity contribution in [3.8, 4) is 0 Å². The maximum absolute atomic E-state index is 12.2. The molecule has 1 heterocycles. The fraction of sp³-hybridized carbons (Fsp3) is 0.214. The van der Waals surface area contributed by atoms with Gasteiger partial charge in [0, 0.05) is 11.9 Å². The second-order valence-electron chi connectivity index (χ2n) is 4.57. The Hall–Kier alpha value is -1.92. The first-order valence-electron chi connectivity index (χ1n) is 6.08. The largest absolute Gasteiger partial charge is 0.392 e. The molecule has 106 valence electrons. The van der Waals surface area contributed by atoms with E-state index in [9.17, 15) is 8.42 Å². The van der Waals surface area contributed by atoms with Gasteiger partial charge in [0.05, 0.1) is 6.61 Å². The smallest absolute Gasteiger partial charge is 0.279 e. The molecule has 1 aromatic carbocycles. The number of hydrogen-bond donors (Lipinski definition) is 2. The van der Waals surface area contributed by atoms with Crippen molar-refractivity contribution in [3.63, 3.8) is 0 Å². The summed E-state index contributed by atoms with van der Waals surface area (Å²) >= 11 is 0. The average molecular weight is 292 g/mol. The molecule has 0 unspecified atom stereocenters. The van der Waals surface area contributed by atoms with Crippen LogP contribution in [0.4, 0.5) is 5.69 Å². The van der Waals surface area contributed by atoms with Gasteiger partial charge in [0.15, 0.2) is 5.03 Å². The van der Waals surface area contributed by atoms with E-state index in [2.05, 4.69) is 9.71 Å². The molecule has 1 aromatic heterocycles. The van der Waals surface area contributed by atoms with Gasteiger partial charge in [-0.1, -0.05) is 12.1 Å². The third-order valence-corrected chi connectivity index (χ3v) is 4.31. The zero-order chi connectivity index (χ0) is 14.8. The number of rotatable bonds is 4. The Morgan fingerprint density at radius 2 is 1.90 bits per heavy atom. The Balaban J connectivity index is 2.27. The maximum Gasteiger partial charge on any atom is 0.279 e. The van der Waals surface area contributed by atoms with Crippen molar-refractivity contribution >= 4 is 15.7 Å². The normalized spacial score (nSPS) is 11.3. The van der Waals surface area contributed by atoms with Crippen LogP contribution in [-0.2, 0) is 16.6 Å². The van der Waals surface area contributed by atoms with Gasteiger partial charge in [0.1, 0.15) is 0 Å². The number of nitrogens with zero attached hydrogens (tertiary/aromatic N) is 1. The first-order chi connectivity index (χ1) is 9.42. The van der Waals surface area contributed by atoms with Crippen LogP contribution in [0.25, 0.3) is 0 Å². The summed E-state index contributed by atoms with van der Waals surface area (Å²) in [6, 6.07) is 8.24. The molecule has 0 saturated heterocycles. The van der Waals surface area contributed by atoms with Crippen LogP contribution < -0.4 is 4.72 Å². The molecule has 2 N–H and O–H groups in total. The molecule has 0 fully saturated rings. The molecule has 0 aliphatic carbocycles. The topological polar surface area (TPSA) is 79.3 Å². The fourth-order valence-electron chi connectivity index (χ4n) is 1.68. The lowest BCUT2D eigenvalue weighted by Gasteiger charge is -2.09. The fourth-order valence-corrected chi connectivity index (χ4v) is 2.66. The SMILES string of the molecule is Cc1ccc(NS(=O)(=O)c2ccc(CO)cn2)cc1C. The van der Waals surface area contributed by atoms with Gasteiger partial charge in [-0.2, -0.15) is 8.42 Å². The number of aryl methyl sites for hydroxylation is 2. The number of pyridine rings is 1. The Labute approximate surface area is 118 Å². The number of hydrogen-bond acceptors (Lipinski definition) is 4. The number of sulfonamides is 1. The second kappa shape index (κ2) is 5.60. The van der Waals surface area contributed by atoms with Crippen LogP contribution in [0.15, 0.2) is 41.6 Å². The molecule has 0 bridgehead atoms.